The van der Waals surface area contributed by atoms with Crippen LogP contribution in [0.1, 0.15) is 25.3 Å². The molecule has 12 heavy (non-hydrogen) atoms. The molecule has 0 spiro atoms. The molecule has 1 heteroatoms. The lowest BCUT2D eigenvalue weighted by atomic mass is 10.3. The molecule has 0 amide bonds. The molecule has 1 aromatic rings. The van der Waals surface area contributed by atoms with Crippen molar-refractivity contribution in [3.63, 3.8) is 0 Å². The number of aromatic nitrogens is 1. The number of rotatable bonds is 3. The van der Waals surface area contributed by atoms with Crippen molar-refractivity contribution < 1.29 is 4.57 Å². The van der Waals surface area contributed by atoms with Crippen molar-refractivity contribution >= 4 is 6.20 Å². The van der Waals surface area contributed by atoms with E-state index >= 15 is 0 Å². The minimum absolute atomic E-state index is 1.15. The minimum atomic E-state index is 1.15. The van der Waals surface area contributed by atoms with Crippen LogP contribution in [0.3, 0.4) is 0 Å². The fourth-order valence-electron chi connectivity index (χ4n) is 1.07. The van der Waals surface area contributed by atoms with Gasteiger partial charge in [-0.05, 0) is 25.5 Å². The third kappa shape index (κ3) is 2.87. The van der Waals surface area contributed by atoms with Gasteiger partial charge in [-0.15, -0.1) is 0 Å². The van der Waals surface area contributed by atoms with Gasteiger partial charge < -0.3 is 0 Å². The second-order valence-electron chi connectivity index (χ2n) is 3.00. The van der Waals surface area contributed by atoms with Crippen molar-refractivity contribution in [2.45, 2.75) is 26.7 Å². The van der Waals surface area contributed by atoms with E-state index in [2.05, 4.69) is 55.2 Å². The van der Waals surface area contributed by atoms with Crippen molar-refractivity contribution in [3.05, 3.63) is 36.2 Å². The Morgan fingerprint density at radius 3 is 3.00 bits per heavy atom. The van der Waals surface area contributed by atoms with Crippen molar-refractivity contribution in [1.29, 1.82) is 0 Å². The SMILES string of the molecule is CCCC=C[n+]1cccc(C)c1. The van der Waals surface area contributed by atoms with Crippen LogP contribution < -0.4 is 4.57 Å². The van der Waals surface area contributed by atoms with Gasteiger partial charge in [0.1, 0.15) is 0 Å². The first-order valence-corrected chi connectivity index (χ1v) is 4.47. The molecule has 0 N–H and O–H groups in total. The van der Waals surface area contributed by atoms with Crippen molar-refractivity contribution in [1.82, 2.24) is 0 Å². The zero-order chi connectivity index (χ0) is 8.81. The first kappa shape index (κ1) is 8.98. The molecule has 0 saturated carbocycles. The quantitative estimate of drug-likeness (QED) is 0.601. The number of hydrogen-bond acceptors (Lipinski definition) is 0. The lowest BCUT2D eigenvalue weighted by Gasteiger charge is -1.88. The van der Waals surface area contributed by atoms with Crippen molar-refractivity contribution in [3.8, 4) is 0 Å². The van der Waals surface area contributed by atoms with E-state index in [-0.39, 0.29) is 0 Å². The topological polar surface area (TPSA) is 3.88 Å². The van der Waals surface area contributed by atoms with Crippen LogP contribution in [0.25, 0.3) is 6.20 Å². The maximum absolute atomic E-state index is 2.19. The molecular formula is C11H16N+. The first-order valence-electron chi connectivity index (χ1n) is 4.47. The first-order chi connectivity index (χ1) is 5.83. The molecule has 0 aliphatic rings. The Morgan fingerprint density at radius 2 is 2.33 bits per heavy atom. The van der Waals surface area contributed by atoms with Crippen LogP contribution in [0.2, 0.25) is 0 Å². The molecule has 1 aromatic heterocycles. The number of pyridine rings is 1. The van der Waals surface area contributed by atoms with Gasteiger partial charge >= 0.3 is 0 Å². The van der Waals surface area contributed by atoms with Gasteiger partial charge in [-0.25, -0.2) is 0 Å². The second-order valence-corrected chi connectivity index (χ2v) is 3.00. The Labute approximate surface area is 74.4 Å². The predicted octanol–water partition coefficient (Wildman–Crippen LogP) is 2.55. The van der Waals surface area contributed by atoms with E-state index in [1.807, 2.05) is 0 Å². The molecule has 0 saturated heterocycles. The van der Waals surface area contributed by atoms with Gasteiger partial charge in [0.05, 0.1) is 0 Å². The summed E-state index contributed by atoms with van der Waals surface area (Å²) in [5.74, 6) is 0. The van der Waals surface area contributed by atoms with E-state index in [1.54, 1.807) is 0 Å². The van der Waals surface area contributed by atoms with Crippen LogP contribution >= 0.6 is 0 Å². The Morgan fingerprint density at radius 1 is 1.50 bits per heavy atom. The van der Waals surface area contributed by atoms with E-state index < -0.39 is 0 Å². The summed E-state index contributed by atoms with van der Waals surface area (Å²) in [5, 5.41) is 0. The summed E-state index contributed by atoms with van der Waals surface area (Å²) in [7, 11) is 0. The van der Waals surface area contributed by atoms with E-state index in [9.17, 15) is 0 Å². The molecule has 0 unspecified atom stereocenters. The van der Waals surface area contributed by atoms with Gasteiger partial charge in [-0.3, -0.25) is 0 Å². The van der Waals surface area contributed by atoms with Gasteiger partial charge in [0.15, 0.2) is 18.6 Å². The highest BCUT2D eigenvalue weighted by atomic mass is 14.9. The monoisotopic (exact) mass is 162 g/mol. The molecule has 0 radical (unpaired) electrons. The summed E-state index contributed by atoms with van der Waals surface area (Å²) >= 11 is 0. The Bertz CT molecular complexity index is 263. The van der Waals surface area contributed by atoms with Gasteiger partial charge in [-0.2, -0.15) is 4.57 Å². The summed E-state index contributed by atoms with van der Waals surface area (Å²) in [6.07, 6.45) is 10.8. The van der Waals surface area contributed by atoms with Crippen molar-refractivity contribution in [2.24, 2.45) is 0 Å². The van der Waals surface area contributed by atoms with Crippen LogP contribution in [0, 0.1) is 6.92 Å². The molecule has 0 atom stereocenters. The molecule has 0 aromatic carbocycles. The van der Waals surface area contributed by atoms with Crippen LogP contribution in [0.5, 0.6) is 0 Å². The number of aryl methyl sites for hydroxylation is 1. The predicted molar refractivity (Wildman–Crippen MR) is 51.6 cm³/mol. The Kier molecular flexibility index (Phi) is 3.52. The van der Waals surface area contributed by atoms with E-state index in [0.717, 1.165) is 6.42 Å². The average Bonchev–Trinajstić information content (AvgIpc) is 2.05. The zero-order valence-corrected chi connectivity index (χ0v) is 7.83. The molecule has 0 aliphatic heterocycles. The fourth-order valence-corrected chi connectivity index (χ4v) is 1.07. The van der Waals surface area contributed by atoms with Gasteiger partial charge in [-0.1, -0.05) is 13.3 Å². The van der Waals surface area contributed by atoms with Gasteiger partial charge in [0, 0.05) is 11.6 Å². The normalized spacial score (nSPS) is 10.8. The van der Waals surface area contributed by atoms with E-state index in [4.69, 9.17) is 0 Å². The third-order valence-corrected chi connectivity index (χ3v) is 1.70. The Hall–Kier alpha value is -1.11. The molecular weight excluding hydrogens is 146 g/mol. The zero-order valence-electron chi connectivity index (χ0n) is 7.83. The van der Waals surface area contributed by atoms with Crippen LogP contribution in [-0.2, 0) is 0 Å². The lowest BCUT2D eigenvalue weighted by molar-refractivity contribution is -0.568. The summed E-state index contributed by atoms with van der Waals surface area (Å²) < 4.78 is 2.09. The number of unbranched alkanes of at least 4 members (excludes halogenated alkanes) is 1. The highest BCUT2D eigenvalue weighted by Gasteiger charge is 1.92. The largest absolute Gasteiger partial charge is 0.177 e. The molecule has 1 rings (SSSR count). The fraction of sp³-hybridized carbons (Fsp3) is 0.364. The lowest BCUT2D eigenvalue weighted by Crippen LogP contribution is -2.24. The number of hydrogen-bond donors (Lipinski definition) is 0. The summed E-state index contributed by atoms with van der Waals surface area (Å²) in [6, 6.07) is 4.16. The molecule has 1 heterocycles. The third-order valence-electron chi connectivity index (χ3n) is 1.70. The molecule has 0 bridgehead atoms. The summed E-state index contributed by atoms with van der Waals surface area (Å²) in [4.78, 5) is 0. The van der Waals surface area contributed by atoms with Crippen LogP contribution in [-0.4, -0.2) is 0 Å². The average molecular weight is 162 g/mol. The van der Waals surface area contributed by atoms with Crippen LogP contribution in [0.15, 0.2) is 30.6 Å². The molecule has 0 aliphatic carbocycles. The molecule has 1 nitrogen and oxygen atoms in total. The Balaban J connectivity index is 2.63. The van der Waals surface area contributed by atoms with E-state index in [0.29, 0.717) is 0 Å². The van der Waals surface area contributed by atoms with Gasteiger partial charge in [0.2, 0.25) is 0 Å². The number of allylic oxidation sites excluding steroid dienone is 1. The molecule has 64 valence electrons. The van der Waals surface area contributed by atoms with Crippen molar-refractivity contribution in [2.75, 3.05) is 0 Å². The summed E-state index contributed by atoms with van der Waals surface area (Å²) in [5.41, 5.74) is 1.29. The maximum atomic E-state index is 2.19. The number of nitrogens with zero attached hydrogens (tertiary/aromatic N) is 1. The minimum Gasteiger partial charge on any atom is -0.174 e. The molecule has 0 fully saturated rings. The maximum Gasteiger partial charge on any atom is 0.177 e. The standard InChI is InChI=1S/C11H16N/c1-3-4-5-8-12-9-6-7-11(2)10-12/h5-10H,3-4H2,1-2H3/q+1. The van der Waals surface area contributed by atoms with Gasteiger partial charge in [0.25, 0.3) is 0 Å². The summed E-state index contributed by atoms with van der Waals surface area (Å²) in [6.45, 7) is 4.29. The second kappa shape index (κ2) is 4.70. The highest BCUT2D eigenvalue weighted by Crippen LogP contribution is 1.91. The smallest absolute Gasteiger partial charge is 0.174 e. The van der Waals surface area contributed by atoms with E-state index in [1.165, 1.54) is 12.0 Å². The highest BCUT2D eigenvalue weighted by molar-refractivity contribution is 5.09. The van der Waals surface area contributed by atoms with Crippen LogP contribution in [0.4, 0.5) is 0 Å².